The largest absolute Gasteiger partial charge is 0.494 e. The SMILES string of the molecule is CC[C@H](C)[C@H](NC(=O)[C@H](CCC(N)=O)NC(=O)CCCOc1ccc2ccc(OCCCC(=O)N[C@@H](CCC(N)=O)C(=O)N[C@H](C(=O)OC)[C@@H](C)CC)cc2c1)C(=O)OC. The average molecular weight is 843 g/mol. The fourth-order valence-corrected chi connectivity index (χ4v) is 5.97. The van der Waals surface area contributed by atoms with Gasteiger partial charge in [0.25, 0.3) is 0 Å². The molecule has 6 amide bonds. The highest BCUT2D eigenvalue weighted by Crippen LogP contribution is 2.25. The first-order valence-corrected chi connectivity index (χ1v) is 20.2. The fourth-order valence-electron chi connectivity index (χ4n) is 5.97. The number of fused-ring (bicyclic) bond motifs is 1. The number of ether oxygens (including phenoxy) is 4. The number of methoxy groups -OCH3 is 2. The Kier molecular flexibility index (Phi) is 21.9. The number of carbonyl (C=O) groups is 8. The molecule has 0 unspecified atom stereocenters. The van der Waals surface area contributed by atoms with Crippen LogP contribution in [0.3, 0.4) is 0 Å². The van der Waals surface area contributed by atoms with Crippen LogP contribution < -0.4 is 42.2 Å². The summed E-state index contributed by atoms with van der Waals surface area (Å²) in [7, 11) is 2.44. The van der Waals surface area contributed by atoms with E-state index in [1.165, 1.54) is 14.2 Å². The number of amides is 6. The molecule has 2 rings (SSSR count). The first kappa shape index (κ1) is 50.2. The van der Waals surface area contributed by atoms with Gasteiger partial charge in [0, 0.05) is 25.7 Å². The Bertz CT molecular complexity index is 1670. The Hall–Kier alpha value is -5.94. The number of esters is 2. The highest BCUT2D eigenvalue weighted by molar-refractivity contribution is 5.92. The highest BCUT2D eigenvalue weighted by Gasteiger charge is 2.32. The number of hydrogen-bond acceptors (Lipinski definition) is 12. The summed E-state index contributed by atoms with van der Waals surface area (Å²) in [6.45, 7) is 7.66. The van der Waals surface area contributed by atoms with Gasteiger partial charge in [0.15, 0.2) is 0 Å². The Morgan fingerprint density at radius 2 is 0.950 bits per heavy atom. The van der Waals surface area contributed by atoms with Gasteiger partial charge in [-0.1, -0.05) is 52.7 Å². The molecular formula is C42H62N6O12. The average Bonchev–Trinajstić information content (AvgIpc) is 3.23. The van der Waals surface area contributed by atoms with Crippen LogP contribution in [-0.2, 0) is 47.8 Å². The number of benzene rings is 2. The van der Waals surface area contributed by atoms with Crippen LogP contribution >= 0.6 is 0 Å². The maximum Gasteiger partial charge on any atom is 0.328 e. The van der Waals surface area contributed by atoms with Crippen LogP contribution in [0.5, 0.6) is 11.5 Å². The lowest BCUT2D eigenvalue weighted by molar-refractivity contribution is -0.147. The molecule has 0 saturated carbocycles. The monoisotopic (exact) mass is 842 g/mol. The normalized spacial score (nSPS) is 13.9. The van der Waals surface area contributed by atoms with Crippen molar-refractivity contribution in [3.63, 3.8) is 0 Å². The zero-order valence-corrected chi connectivity index (χ0v) is 35.5. The lowest BCUT2D eigenvalue weighted by Crippen LogP contribution is -2.53. The first-order chi connectivity index (χ1) is 28.5. The van der Waals surface area contributed by atoms with Crippen LogP contribution in [0.2, 0.25) is 0 Å². The van der Waals surface area contributed by atoms with Gasteiger partial charge in [-0.05, 0) is 72.6 Å². The van der Waals surface area contributed by atoms with Crippen LogP contribution in [0.1, 0.15) is 91.9 Å². The minimum absolute atomic E-state index is 0.0189. The van der Waals surface area contributed by atoms with Crippen molar-refractivity contribution < 1.29 is 57.3 Å². The number of hydrogen-bond donors (Lipinski definition) is 6. The van der Waals surface area contributed by atoms with Crippen molar-refractivity contribution in [3.05, 3.63) is 36.4 Å². The molecule has 8 N–H and O–H groups in total. The molecule has 6 atom stereocenters. The Balaban J connectivity index is 1.92. The van der Waals surface area contributed by atoms with Crippen LogP contribution in [0.15, 0.2) is 36.4 Å². The fraction of sp³-hybridized carbons (Fsp3) is 0.571. The first-order valence-electron chi connectivity index (χ1n) is 20.2. The molecule has 0 bridgehead atoms. The summed E-state index contributed by atoms with van der Waals surface area (Å²) in [6.07, 6.45) is 1.44. The third kappa shape index (κ3) is 17.5. The third-order valence-corrected chi connectivity index (χ3v) is 10.0. The molecule has 60 heavy (non-hydrogen) atoms. The molecule has 0 aliphatic rings. The van der Waals surface area contributed by atoms with Crippen LogP contribution in [0, 0.1) is 11.8 Å². The van der Waals surface area contributed by atoms with E-state index >= 15 is 0 Å². The smallest absolute Gasteiger partial charge is 0.328 e. The molecule has 0 radical (unpaired) electrons. The van der Waals surface area contributed by atoms with Gasteiger partial charge in [0.05, 0.1) is 27.4 Å². The van der Waals surface area contributed by atoms with E-state index < -0.39 is 71.5 Å². The predicted molar refractivity (Wildman–Crippen MR) is 221 cm³/mol. The van der Waals surface area contributed by atoms with Gasteiger partial charge < -0.3 is 51.7 Å². The summed E-state index contributed by atoms with van der Waals surface area (Å²) in [4.78, 5) is 99.3. The van der Waals surface area contributed by atoms with Crippen molar-refractivity contribution in [2.45, 2.75) is 116 Å². The van der Waals surface area contributed by atoms with E-state index in [1.807, 2.05) is 38.1 Å². The van der Waals surface area contributed by atoms with Crippen molar-refractivity contribution in [3.8, 4) is 11.5 Å². The molecule has 0 heterocycles. The Morgan fingerprint density at radius 3 is 1.28 bits per heavy atom. The second-order valence-corrected chi connectivity index (χ2v) is 14.6. The third-order valence-electron chi connectivity index (χ3n) is 10.0. The summed E-state index contributed by atoms with van der Waals surface area (Å²) in [5.41, 5.74) is 10.6. The molecule has 0 aliphatic heterocycles. The van der Waals surface area contributed by atoms with Gasteiger partial charge in [-0.25, -0.2) is 9.59 Å². The molecule has 332 valence electrons. The maximum atomic E-state index is 13.1. The van der Waals surface area contributed by atoms with Gasteiger partial charge in [0.2, 0.25) is 35.4 Å². The second kappa shape index (κ2) is 26.2. The minimum Gasteiger partial charge on any atom is -0.494 e. The molecular weight excluding hydrogens is 780 g/mol. The van der Waals surface area contributed by atoms with Crippen LogP contribution in [0.4, 0.5) is 0 Å². The van der Waals surface area contributed by atoms with Crippen molar-refractivity contribution in [2.24, 2.45) is 23.3 Å². The molecule has 0 aliphatic carbocycles. The molecule has 0 spiro atoms. The number of rotatable bonds is 28. The van der Waals surface area contributed by atoms with E-state index in [-0.39, 0.29) is 63.6 Å². The molecule has 18 heteroatoms. The van der Waals surface area contributed by atoms with E-state index in [0.717, 1.165) is 10.8 Å². The number of primary amides is 2. The zero-order valence-electron chi connectivity index (χ0n) is 35.5. The second-order valence-electron chi connectivity index (χ2n) is 14.6. The molecule has 2 aromatic rings. The van der Waals surface area contributed by atoms with E-state index in [2.05, 4.69) is 21.3 Å². The number of nitrogens with two attached hydrogens (primary N) is 2. The minimum atomic E-state index is -1.09. The Labute approximate surface area is 350 Å². The molecule has 0 fully saturated rings. The quantitative estimate of drug-likeness (QED) is 0.0531. The Morgan fingerprint density at radius 1 is 0.567 bits per heavy atom. The van der Waals surface area contributed by atoms with Gasteiger partial charge in [-0.15, -0.1) is 0 Å². The van der Waals surface area contributed by atoms with E-state index in [0.29, 0.717) is 37.2 Å². The summed E-state index contributed by atoms with van der Waals surface area (Å²) in [5.74, 6) is -4.03. The van der Waals surface area contributed by atoms with Crippen molar-refractivity contribution in [2.75, 3.05) is 27.4 Å². The van der Waals surface area contributed by atoms with Crippen molar-refractivity contribution in [1.82, 2.24) is 21.3 Å². The van der Waals surface area contributed by atoms with Crippen molar-refractivity contribution >= 4 is 58.2 Å². The molecule has 0 saturated heterocycles. The predicted octanol–water partition coefficient (Wildman–Crippen LogP) is 2.07. The summed E-state index contributed by atoms with van der Waals surface area (Å²) in [5, 5.41) is 12.3. The van der Waals surface area contributed by atoms with Gasteiger partial charge >= 0.3 is 11.9 Å². The van der Waals surface area contributed by atoms with E-state index in [4.69, 9.17) is 30.4 Å². The number of nitrogens with one attached hydrogen (secondary N) is 4. The summed E-state index contributed by atoms with van der Waals surface area (Å²) < 4.78 is 21.4. The molecule has 18 nitrogen and oxygen atoms in total. The summed E-state index contributed by atoms with van der Waals surface area (Å²) >= 11 is 0. The standard InChI is InChI=1S/C42H62N6O12/c1-7-25(3)37(41(55)57-5)47-39(53)31(17-19-33(43)49)45-35(51)11-9-21-59-29-15-13-27-14-16-30(24-28(27)23-29)60-22-10-12-36(52)46-32(18-20-34(44)50)40(54)48-38(26(4)8-2)42(56)58-6/h13-16,23-26,31-32,37-38H,7-12,17-22H2,1-6H3,(H2,43,49)(H2,44,50)(H,45,51)(H,46,52)(H,47,53)(H,48,54)/t25-,26-,31-,32-,37-,38-/m0/s1. The lowest BCUT2D eigenvalue weighted by atomic mass is 9.98. The number of carbonyl (C=O) groups excluding carboxylic acids is 8. The van der Waals surface area contributed by atoms with Gasteiger partial charge in [0.1, 0.15) is 35.7 Å². The van der Waals surface area contributed by atoms with E-state index in [9.17, 15) is 38.4 Å². The summed E-state index contributed by atoms with van der Waals surface area (Å²) in [6, 6.07) is 6.92. The van der Waals surface area contributed by atoms with Crippen LogP contribution in [-0.4, -0.2) is 99.0 Å². The topological polar surface area (TPSA) is 274 Å². The zero-order chi connectivity index (χ0) is 44.8. The molecule has 0 aromatic heterocycles. The van der Waals surface area contributed by atoms with Gasteiger partial charge in [-0.2, -0.15) is 0 Å². The maximum absolute atomic E-state index is 13.1. The lowest BCUT2D eigenvalue weighted by Gasteiger charge is -2.25. The van der Waals surface area contributed by atoms with Crippen molar-refractivity contribution in [1.29, 1.82) is 0 Å². The van der Waals surface area contributed by atoms with Gasteiger partial charge in [-0.3, -0.25) is 28.8 Å². The molecule has 2 aromatic carbocycles. The van der Waals surface area contributed by atoms with E-state index in [1.54, 1.807) is 26.0 Å². The van der Waals surface area contributed by atoms with Crippen LogP contribution in [0.25, 0.3) is 10.8 Å². The highest BCUT2D eigenvalue weighted by atomic mass is 16.5.